The number of aryl methyl sites for hydroxylation is 2. The van der Waals surface area contributed by atoms with E-state index in [1.807, 2.05) is 13.8 Å². The lowest BCUT2D eigenvalue weighted by Gasteiger charge is -2.18. The lowest BCUT2D eigenvalue weighted by Crippen LogP contribution is -2.27. The topological polar surface area (TPSA) is 94.3 Å². The van der Waals surface area contributed by atoms with Gasteiger partial charge in [0.1, 0.15) is 5.75 Å². The molecule has 0 saturated heterocycles. The number of allylic oxidation sites excluding steroid dienone is 1. The Labute approximate surface area is 168 Å². The zero-order chi connectivity index (χ0) is 21.0. The molecule has 7 nitrogen and oxygen atoms in total. The van der Waals surface area contributed by atoms with Crippen LogP contribution < -0.4 is 9.46 Å². The molecule has 1 aliphatic rings. The van der Waals surface area contributed by atoms with Crippen LogP contribution in [0.5, 0.6) is 5.75 Å². The van der Waals surface area contributed by atoms with Gasteiger partial charge in [-0.25, -0.2) is 13.1 Å². The van der Waals surface area contributed by atoms with Gasteiger partial charge in [-0.2, -0.15) is 13.8 Å². The summed E-state index contributed by atoms with van der Waals surface area (Å²) in [5, 5.41) is 3.88. The van der Waals surface area contributed by atoms with Crippen molar-refractivity contribution in [3.8, 4) is 5.75 Å². The summed E-state index contributed by atoms with van der Waals surface area (Å²) in [4.78, 5) is 4.53. The lowest BCUT2D eigenvalue weighted by molar-refractivity contribution is -0.0498. The summed E-state index contributed by atoms with van der Waals surface area (Å²) in [7, 11) is -3.62. The van der Waals surface area contributed by atoms with Gasteiger partial charge in [-0.05, 0) is 48.6 Å². The maximum atomic E-state index is 12.6. The fourth-order valence-electron chi connectivity index (χ4n) is 2.97. The van der Waals surface area contributed by atoms with E-state index in [-0.39, 0.29) is 23.1 Å². The standard InChI is InChI=1S/C19H23F2N3O4S/c1-12(2)18-23-17(28-24-18)4-3-9-22-29(25,26)16-8-6-13-10-15(27-19(20)21)7-5-14(13)11-16/h5,7,10-12,19,22H,3-4,6,8-9H2,1-2H3. The summed E-state index contributed by atoms with van der Waals surface area (Å²) < 4.78 is 61.9. The van der Waals surface area contributed by atoms with Crippen molar-refractivity contribution in [2.24, 2.45) is 0 Å². The first kappa shape index (κ1) is 21.4. The first-order chi connectivity index (χ1) is 13.7. The molecule has 2 aromatic rings. The third-order valence-electron chi connectivity index (χ3n) is 4.50. The molecule has 0 amide bonds. The Morgan fingerprint density at radius 2 is 2.07 bits per heavy atom. The van der Waals surface area contributed by atoms with E-state index in [0.29, 0.717) is 43.0 Å². The number of fused-ring (bicyclic) bond motifs is 1. The molecular formula is C19H23F2N3O4S. The van der Waals surface area contributed by atoms with E-state index >= 15 is 0 Å². The minimum Gasteiger partial charge on any atom is -0.435 e. The summed E-state index contributed by atoms with van der Waals surface area (Å²) in [6, 6.07) is 4.51. The molecule has 1 N–H and O–H groups in total. The lowest BCUT2D eigenvalue weighted by atomic mass is 9.97. The Kier molecular flexibility index (Phi) is 6.63. The summed E-state index contributed by atoms with van der Waals surface area (Å²) in [5.74, 6) is 1.36. The Bertz CT molecular complexity index is 987. The Balaban J connectivity index is 1.57. The second kappa shape index (κ2) is 9.00. The highest BCUT2D eigenvalue weighted by Gasteiger charge is 2.22. The zero-order valence-corrected chi connectivity index (χ0v) is 17.0. The highest BCUT2D eigenvalue weighted by Crippen LogP contribution is 2.30. The predicted octanol–water partition coefficient (Wildman–Crippen LogP) is 3.63. The predicted molar refractivity (Wildman–Crippen MR) is 103 cm³/mol. The van der Waals surface area contributed by atoms with Gasteiger partial charge in [0.25, 0.3) is 0 Å². The molecule has 0 fully saturated rings. The van der Waals surface area contributed by atoms with E-state index in [2.05, 4.69) is 19.6 Å². The van der Waals surface area contributed by atoms with Crippen molar-refractivity contribution in [1.29, 1.82) is 0 Å². The average molecular weight is 427 g/mol. The van der Waals surface area contributed by atoms with Crippen molar-refractivity contribution in [3.05, 3.63) is 45.9 Å². The first-order valence-electron chi connectivity index (χ1n) is 9.35. The fourth-order valence-corrected chi connectivity index (χ4v) is 4.23. The van der Waals surface area contributed by atoms with E-state index in [9.17, 15) is 17.2 Å². The van der Waals surface area contributed by atoms with E-state index in [1.54, 1.807) is 12.1 Å². The van der Waals surface area contributed by atoms with Crippen LogP contribution in [0.4, 0.5) is 8.78 Å². The summed E-state index contributed by atoms with van der Waals surface area (Å²) in [6.45, 7) is 1.28. The van der Waals surface area contributed by atoms with Gasteiger partial charge in [0.15, 0.2) is 5.82 Å². The van der Waals surface area contributed by atoms with Crippen molar-refractivity contribution in [3.63, 3.8) is 0 Å². The number of hydrogen-bond donors (Lipinski definition) is 1. The van der Waals surface area contributed by atoms with Crippen molar-refractivity contribution in [2.75, 3.05) is 6.54 Å². The van der Waals surface area contributed by atoms with Crippen LogP contribution in [0.15, 0.2) is 27.6 Å². The summed E-state index contributed by atoms with van der Waals surface area (Å²) in [5.41, 5.74) is 1.46. The molecule has 1 heterocycles. The Morgan fingerprint density at radius 1 is 1.28 bits per heavy atom. The number of benzene rings is 1. The van der Waals surface area contributed by atoms with E-state index in [1.165, 1.54) is 12.1 Å². The maximum absolute atomic E-state index is 12.6. The molecular weight excluding hydrogens is 404 g/mol. The van der Waals surface area contributed by atoms with Crippen molar-refractivity contribution in [1.82, 2.24) is 14.9 Å². The first-order valence-corrected chi connectivity index (χ1v) is 10.8. The largest absolute Gasteiger partial charge is 0.435 e. The number of aromatic nitrogens is 2. The van der Waals surface area contributed by atoms with Gasteiger partial charge >= 0.3 is 6.61 Å². The van der Waals surface area contributed by atoms with Crippen LogP contribution in [0.25, 0.3) is 6.08 Å². The van der Waals surface area contributed by atoms with Gasteiger partial charge in [0, 0.05) is 18.9 Å². The molecule has 1 aromatic carbocycles. The highest BCUT2D eigenvalue weighted by molar-refractivity contribution is 7.93. The van der Waals surface area contributed by atoms with Crippen LogP contribution in [-0.4, -0.2) is 31.7 Å². The molecule has 29 heavy (non-hydrogen) atoms. The average Bonchev–Trinajstić information content (AvgIpc) is 3.13. The van der Waals surface area contributed by atoms with Gasteiger partial charge in [-0.3, -0.25) is 0 Å². The number of alkyl halides is 2. The van der Waals surface area contributed by atoms with Crippen LogP contribution >= 0.6 is 0 Å². The van der Waals surface area contributed by atoms with Crippen molar-refractivity contribution >= 4 is 16.1 Å². The van der Waals surface area contributed by atoms with Crippen LogP contribution in [-0.2, 0) is 22.9 Å². The molecule has 0 radical (unpaired) electrons. The summed E-state index contributed by atoms with van der Waals surface area (Å²) in [6.07, 6.45) is 3.30. The van der Waals surface area contributed by atoms with E-state index in [0.717, 1.165) is 5.56 Å². The molecule has 1 aromatic heterocycles. The van der Waals surface area contributed by atoms with Crippen LogP contribution in [0, 0.1) is 0 Å². The summed E-state index contributed by atoms with van der Waals surface area (Å²) >= 11 is 0. The molecule has 1 aliphatic carbocycles. The molecule has 0 bridgehead atoms. The van der Waals surface area contributed by atoms with Gasteiger partial charge < -0.3 is 9.26 Å². The van der Waals surface area contributed by atoms with Gasteiger partial charge in [-0.15, -0.1) is 0 Å². The molecule has 0 aliphatic heterocycles. The number of rotatable bonds is 9. The van der Waals surface area contributed by atoms with Crippen LogP contribution in [0.1, 0.15) is 55.4 Å². The van der Waals surface area contributed by atoms with Gasteiger partial charge in [0.05, 0.1) is 4.91 Å². The quantitative estimate of drug-likeness (QED) is 0.614. The molecule has 0 spiro atoms. The second-order valence-corrected chi connectivity index (χ2v) is 8.87. The van der Waals surface area contributed by atoms with Gasteiger partial charge in [-0.1, -0.05) is 25.1 Å². The molecule has 0 unspecified atom stereocenters. The van der Waals surface area contributed by atoms with Crippen LogP contribution in [0.2, 0.25) is 0 Å². The monoisotopic (exact) mass is 427 g/mol. The number of halogens is 2. The molecule has 158 valence electrons. The smallest absolute Gasteiger partial charge is 0.387 e. The number of nitrogens with one attached hydrogen (secondary N) is 1. The maximum Gasteiger partial charge on any atom is 0.387 e. The molecule has 0 saturated carbocycles. The SMILES string of the molecule is CC(C)c1noc(CCCNS(=O)(=O)C2=Cc3ccc(OC(F)F)cc3CC2)n1. The Hall–Kier alpha value is -2.33. The second-order valence-electron chi connectivity index (χ2n) is 7.05. The fraction of sp³-hybridized carbons (Fsp3) is 0.474. The highest BCUT2D eigenvalue weighted by atomic mass is 32.2. The minimum atomic E-state index is -3.62. The van der Waals surface area contributed by atoms with Crippen molar-refractivity contribution in [2.45, 2.75) is 52.1 Å². The van der Waals surface area contributed by atoms with E-state index in [4.69, 9.17) is 4.52 Å². The van der Waals surface area contributed by atoms with Gasteiger partial charge in [0.2, 0.25) is 15.9 Å². The zero-order valence-electron chi connectivity index (χ0n) is 16.2. The molecule has 0 atom stereocenters. The normalized spacial score (nSPS) is 14.2. The Morgan fingerprint density at radius 3 is 2.76 bits per heavy atom. The third-order valence-corrected chi connectivity index (χ3v) is 6.10. The number of hydrogen-bond acceptors (Lipinski definition) is 6. The van der Waals surface area contributed by atoms with E-state index < -0.39 is 16.6 Å². The number of nitrogens with zero attached hydrogens (tertiary/aromatic N) is 2. The minimum absolute atomic E-state index is 0.0678. The number of ether oxygens (including phenoxy) is 1. The number of sulfonamides is 1. The molecule has 10 heteroatoms. The molecule has 3 rings (SSSR count). The van der Waals surface area contributed by atoms with Crippen LogP contribution in [0.3, 0.4) is 0 Å². The van der Waals surface area contributed by atoms with Crippen molar-refractivity contribution < 1.29 is 26.5 Å². The third kappa shape index (κ3) is 5.60.